The van der Waals surface area contributed by atoms with Gasteiger partial charge in [0.05, 0.1) is 5.56 Å². The van der Waals surface area contributed by atoms with Gasteiger partial charge in [-0.2, -0.15) is 0 Å². The molecule has 1 unspecified atom stereocenters. The zero-order valence-corrected chi connectivity index (χ0v) is 13.9. The highest BCUT2D eigenvalue weighted by molar-refractivity contribution is 7.91. The summed E-state index contributed by atoms with van der Waals surface area (Å²) in [6.45, 7) is 6.79. The van der Waals surface area contributed by atoms with Crippen molar-refractivity contribution in [3.05, 3.63) is 42.1 Å². The van der Waals surface area contributed by atoms with E-state index in [9.17, 15) is 4.55 Å². The second kappa shape index (κ2) is 6.10. The maximum Gasteiger partial charge on any atom is 0.163 e. The molecule has 3 rings (SSSR count). The summed E-state index contributed by atoms with van der Waals surface area (Å²) in [6.07, 6.45) is 1.86. The molecule has 2 heterocycles. The van der Waals surface area contributed by atoms with Crippen molar-refractivity contribution >= 4 is 22.3 Å². The third kappa shape index (κ3) is 2.51. The maximum absolute atomic E-state index is 12.3. The Hall–Kier alpha value is -1.85. The van der Waals surface area contributed by atoms with E-state index < -0.39 is 11.2 Å². The number of rotatable bonds is 4. The van der Waals surface area contributed by atoms with Crippen molar-refractivity contribution in [2.45, 2.75) is 32.2 Å². The summed E-state index contributed by atoms with van der Waals surface area (Å²) in [6, 6.07) is 9.84. The first-order chi connectivity index (χ1) is 10.7. The zero-order chi connectivity index (χ0) is 15.7. The Kier molecular flexibility index (Phi) is 4.18. The third-order valence-corrected chi connectivity index (χ3v) is 5.04. The van der Waals surface area contributed by atoms with Crippen molar-refractivity contribution in [3.63, 3.8) is 0 Å². The van der Waals surface area contributed by atoms with Crippen LogP contribution in [0.1, 0.15) is 19.4 Å². The van der Waals surface area contributed by atoms with E-state index in [4.69, 9.17) is 4.98 Å². The van der Waals surface area contributed by atoms with Crippen LogP contribution < -0.4 is 0 Å². The SMILES string of the molecule is CCn1c(-c2ccccc2[S+]([O-])CC)nc2cc(C)cnc21. The summed E-state index contributed by atoms with van der Waals surface area (Å²) in [5.74, 6) is 1.44. The first-order valence-corrected chi connectivity index (χ1v) is 8.78. The number of aryl methyl sites for hydroxylation is 2. The molecule has 5 heteroatoms. The summed E-state index contributed by atoms with van der Waals surface area (Å²) in [5, 5.41) is 0. The minimum atomic E-state index is -1.01. The van der Waals surface area contributed by atoms with Gasteiger partial charge >= 0.3 is 0 Å². The van der Waals surface area contributed by atoms with Crippen molar-refractivity contribution in [1.82, 2.24) is 14.5 Å². The second-order valence-corrected chi connectivity index (χ2v) is 6.87. The van der Waals surface area contributed by atoms with Gasteiger partial charge in [0, 0.05) is 12.7 Å². The number of aromatic nitrogens is 3. The molecule has 0 saturated carbocycles. The number of hydrogen-bond acceptors (Lipinski definition) is 3. The van der Waals surface area contributed by atoms with Gasteiger partial charge in [-0.3, -0.25) is 0 Å². The van der Waals surface area contributed by atoms with Gasteiger partial charge in [-0.1, -0.05) is 12.1 Å². The monoisotopic (exact) mass is 313 g/mol. The average Bonchev–Trinajstić information content (AvgIpc) is 2.91. The van der Waals surface area contributed by atoms with Gasteiger partial charge in [0.2, 0.25) is 0 Å². The van der Waals surface area contributed by atoms with Crippen LogP contribution in [-0.2, 0) is 17.7 Å². The van der Waals surface area contributed by atoms with E-state index in [-0.39, 0.29) is 0 Å². The maximum atomic E-state index is 12.3. The number of imidazole rings is 1. The van der Waals surface area contributed by atoms with Crippen LogP contribution >= 0.6 is 0 Å². The molecular weight excluding hydrogens is 294 g/mol. The third-order valence-electron chi connectivity index (χ3n) is 3.67. The van der Waals surface area contributed by atoms with Crippen molar-refractivity contribution < 1.29 is 4.55 Å². The summed E-state index contributed by atoms with van der Waals surface area (Å²) in [4.78, 5) is 10.1. The van der Waals surface area contributed by atoms with Crippen LogP contribution in [0.15, 0.2) is 41.4 Å². The molecule has 0 amide bonds. The Morgan fingerprint density at radius 2 is 2.00 bits per heavy atom. The molecule has 0 bridgehead atoms. The highest BCUT2D eigenvalue weighted by Crippen LogP contribution is 2.30. The van der Waals surface area contributed by atoms with Crippen molar-refractivity contribution in [3.8, 4) is 11.4 Å². The fraction of sp³-hybridized carbons (Fsp3) is 0.294. The van der Waals surface area contributed by atoms with Gasteiger partial charge in [0.25, 0.3) is 0 Å². The Labute approximate surface area is 133 Å². The van der Waals surface area contributed by atoms with Crippen molar-refractivity contribution in [1.29, 1.82) is 0 Å². The topological polar surface area (TPSA) is 53.8 Å². The molecular formula is C17H19N3OS. The molecule has 1 atom stereocenters. The number of benzene rings is 1. The first-order valence-electron chi connectivity index (χ1n) is 7.46. The Bertz CT molecular complexity index is 813. The molecule has 4 nitrogen and oxygen atoms in total. The molecule has 1 aromatic carbocycles. The minimum absolute atomic E-state index is 0.598. The largest absolute Gasteiger partial charge is 0.611 e. The van der Waals surface area contributed by atoms with E-state index in [1.54, 1.807) is 0 Å². The van der Waals surface area contributed by atoms with Crippen LogP contribution in [0.3, 0.4) is 0 Å². The standard InChI is InChI=1S/C17H19N3OS/c1-4-20-16(19-14-10-12(3)11-18-17(14)20)13-8-6-7-9-15(13)22(21)5-2/h6-11H,4-5H2,1-3H3. The molecule has 114 valence electrons. The number of pyridine rings is 1. The molecule has 0 saturated heterocycles. The van der Waals surface area contributed by atoms with Crippen LogP contribution in [0.5, 0.6) is 0 Å². The van der Waals surface area contributed by atoms with E-state index in [2.05, 4.69) is 16.5 Å². The number of fused-ring (bicyclic) bond motifs is 1. The Balaban J connectivity index is 2.26. The van der Waals surface area contributed by atoms with Gasteiger partial charge in [0.1, 0.15) is 17.1 Å². The molecule has 3 aromatic rings. The smallest absolute Gasteiger partial charge is 0.163 e. The van der Waals surface area contributed by atoms with Crippen molar-refractivity contribution in [2.24, 2.45) is 0 Å². The van der Waals surface area contributed by atoms with E-state index >= 15 is 0 Å². The van der Waals surface area contributed by atoms with Crippen LogP contribution in [0.4, 0.5) is 0 Å². The predicted molar refractivity (Wildman–Crippen MR) is 90.3 cm³/mol. The van der Waals surface area contributed by atoms with E-state index in [1.165, 1.54) is 0 Å². The van der Waals surface area contributed by atoms with Gasteiger partial charge < -0.3 is 9.12 Å². The second-order valence-electron chi connectivity index (χ2n) is 5.17. The lowest BCUT2D eigenvalue weighted by Crippen LogP contribution is -2.07. The molecule has 2 aromatic heterocycles. The van der Waals surface area contributed by atoms with Crippen LogP contribution in [0.25, 0.3) is 22.6 Å². The normalized spacial score (nSPS) is 12.7. The summed E-state index contributed by atoms with van der Waals surface area (Å²) in [7, 11) is 0. The molecule has 0 N–H and O–H groups in total. The highest BCUT2D eigenvalue weighted by Gasteiger charge is 2.20. The van der Waals surface area contributed by atoms with Crippen molar-refractivity contribution in [2.75, 3.05) is 5.75 Å². The highest BCUT2D eigenvalue weighted by atomic mass is 32.2. The summed E-state index contributed by atoms with van der Waals surface area (Å²) >= 11 is -1.01. The first kappa shape index (κ1) is 15.1. The molecule has 0 aliphatic carbocycles. The molecule has 0 radical (unpaired) electrons. The lowest BCUT2D eigenvalue weighted by Gasteiger charge is -2.13. The lowest BCUT2D eigenvalue weighted by molar-refractivity contribution is 0.596. The van der Waals surface area contributed by atoms with Crippen LogP contribution in [-0.4, -0.2) is 24.8 Å². The Morgan fingerprint density at radius 1 is 1.23 bits per heavy atom. The molecule has 0 aliphatic rings. The summed E-state index contributed by atoms with van der Waals surface area (Å²) < 4.78 is 14.4. The fourth-order valence-electron chi connectivity index (χ4n) is 2.62. The van der Waals surface area contributed by atoms with Crippen LogP contribution in [0, 0.1) is 6.92 Å². The van der Waals surface area contributed by atoms with Gasteiger partial charge in [-0.05, 0) is 55.7 Å². The zero-order valence-electron chi connectivity index (χ0n) is 13.0. The quantitative estimate of drug-likeness (QED) is 0.692. The molecule has 22 heavy (non-hydrogen) atoms. The molecule has 0 fully saturated rings. The van der Waals surface area contributed by atoms with Gasteiger partial charge in [-0.15, -0.1) is 0 Å². The molecule has 0 spiro atoms. The van der Waals surface area contributed by atoms with E-state index in [0.717, 1.165) is 39.6 Å². The molecule has 0 aliphatic heterocycles. The van der Waals surface area contributed by atoms with E-state index in [1.807, 2.05) is 50.4 Å². The predicted octanol–water partition coefficient (Wildman–Crippen LogP) is 3.55. The Morgan fingerprint density at radius 3 is 2.73 bits per heavy atom. The van der Waals surface area contributed by atoms with Gasteiger partial charge in [-0.25, -0.2) is 9.97 Å². The minimum Gasteiger partial charge on any atom is -0.611 e. The number of hydrogen-bond donors (Lipinski definition) is 0. The lowest BCUT2D eigenvalue weighted by atomic mass is 10.2. The summed E-state index contributed by atoms with van der Waals surface area (Å²) in [5.41, 5.74) is 3.78. The fourth-order valence-corrected chi connectivity index (χ4v) is 3.57. The van der Waals surface area contributed by atoms with E-state index in [0.29, 0.717) is 5.75 Å². The number of nitrogens with zero attached hydrogens (tertiary/aromatic N) is 3. The van der Waals surface area contributed by atoms with Gasteiger partial charge in [0.15, 0.2) is 10.5 Å². The average molecular weight is 313 g/mol. The van der Waals surface area contributed by atoms with Crippen LogP contribution in [0.2, 0.25) is 0 Å².